The average Bonchev–Trinajstić information content (AvgIpc) is 3.22. The number of anilines is 1. The zero-order valence-electron chi connectivity index (χ0n) is 16.7. The molecular formula is C21H22N4O4S. The van der Waals surface area contributed by atoms with Crippen LogP contribution >= 0.6 is 11.3 Å². The third-order valence-electron chi connectivity index (χ3n) is 3.99. The van der Waals surface area contributed by atoms with Crippen molar-refractivity contribution in [2.75, 3.05) is 25.6 Å². The topological polar surface area (TPSA) is 102 Å². The average molecular weight is 426 g/mol. The second kappa shape index (κ2) is 10.5. The van der Waals surface area contributed by atoms with E-state index in [9.17, 15) is 9.59 Å². The van der Waals surface area contributed by atoms with Crippen molar-refractivity contribution >= 4 is 28.8 Å². The van der Waals surface area contributed by atoms with E-state index in [1.54, 1.807) is 31.4 Å². The van der Waals surface area contributed by atoms with Crippen LogP contribution in [0.5, 0.6) is 5.75 Å². The first kappa shape index (κ1) is 21.4. The van der Waals surface area contributed by atoms with Crippen LogP contribution in [-0.4, -0.2) is 42.3 Å². The molecule has 0 bridgehead atoms. The lowest BCUT2D eigenvalue weighted by molar-refractivity contribution is 0.0936. The maximum absolute atomic E-state index is 12.5. The van der Waals surface area contributed by atoms with Gasteiger partial charge in [-0.15, -0.1) is 10.2 Å². The fraction of sp³-hybridized carbons (Fsp3) is 0.238. The zero-order valence-corrected chi connectivity index (χ0v) is 17.5. The van der Waals surface area contributed by atoms with Crippen molar-refractivity contribution in [3.8, 4) is 5.75 Å². The van der Waals surface area contributed by atoms with Crippen LogP contribution in [-0.2, 0) is 11.3 Å². The second-order valence-electron chi connectivity index (χ2n) is 6.39. The molecule has 0 aliphatic carbocycles. The number of ether oxygens (including phenoxy) is 2. The Bertz CT molecular complexity index is 1020. The third-order valence-corrected chi connectivity index (χ3v) is 4.88. The van der Waals surface area contributed by atoms with Crippen molar-refractivity contribution in [2.45, 2.75) is 13.5 Å². The molecule has 0 fully saturated rings. The molecule has 0 saturated carbocycles. The fourth-order valence-corrected chi connectivity index (χ4v) is 3.19. The van der Waals surface area contributed by atoms with Gasteiger partial charge in [-0.1, -0.05) is 29.5 Å². The van der Waals surface area contributed by atoms with Crippen molar-refractivity contribution in [3.63, 3.8) is 0 Å². The number of hydrogen-bond acceptors (Lipinski definition) is 7. The zero-order chi connectivity index (χ0) is 21.3. The molecule has 0 radical (unpaired) electrons. The van der Waals surface area contributed by atoms with Crippen LogP contribution in [0.4, 0.5) is 5.69 Å². The van der Waals surface area contributed by atoms with E-state index in [-0.39, 0.29) is 17.5 Å². The molecule has 2 aromatic carbocycles. The summed E-state index contributed by atoms with van der Waals surface area (Å²) in [6.45, 7) is 3.04. The van der Waals surface area contributed by atoms with Crippen LogP contribution in [0.1, 0.15) is 30.7 Å². The highest BCUT2D eigenvalue weighted by atomic mass is 32.1. The molecular weight excluding hydrogens is 404 g/mol. The summed E-state index contributed by atoms with van der Waals surface area (Å²) in [6.07, 6.45) is 0. The van der Waals surface area contributed by atoms with Crippen LogP contribution in [0.15, 0.2) is 48.5 Å². The molecule has 30 heavy (non-hydrogen) atoms. The third kappa shape index (κ3) is 6.10. The monoisotopic (exact) mass is 426 g/mol. The van der Waals surface area contributed by atoms with Crippen molar-refractivity contribution in [3.05, 3.63) is 69.7 Å². The number of rotatable bonds is 9. The number of amides is 2. The summed E-state index contributed by atoms with van der Waals surface area (Å²) >= 11 is 1.16. The molecule has 0 saturated heterocycles. The summed E-state index contributed by atoms with van der Waals surface area (Å²) in [5.74, 6) is 0.0951. The first-order valence-corrected chi connectivity index (χ1v) is 10.1. The number of carbonyl (C=O) groups excluding carboxylic acids is 2. The molecule has 1 aromatic heterocycles. The fourth-order valence-electron chi connectivity index (χ4n) is 2.55. The van der Waals surface area contributed by atoms with Crippen LogP contribution in [0, 0.1) is 6.92 Å². The Morgan fingerprint density at radius 1 is 1.07 bits per heavy atom. The van der Waals surface area contributed by atoms with Crippen LogP contribution in [0.3, 0.4) is 0 Å². The maximum Gasteiger partial charge on any atom is 0.286 e. The number of methoxy groups -OCH3 is 1. The minimum Gasteiger partial charge on any atom is -0.486 e. The Hall–Kier alpha value is -3.30. The van der Waals surface area contributed by atoms with E-state index in [4.69, 9.17) is 9.47 Å². The predicted molar refractivity (Wildman–Crippen MR) is 114 cm³/mol. The number of hydrogen-bond donors (Lipinski definition) is 2. The number of benzene rings is 2. The molecule has 0 atom stereocenters. The van der Waals surface area contributed by atoms with Gasteiger partial charge in [-0.25, -0.2) is 0 Å². The van der Waals surface area contributed by atoms with E-state index in [0.717, 1.165) is 22.6 Å². The van der Waals surface area contributed by atoms with E-state index in [2.05, 4.69) is 20.8 Å². The lowest BCUT2D eigenvalue weighted by Gasteiger charge is -2.07. The minimum absolute atomic E-state index is 0.216. The van der Waals surface area contributed by atoms with Crippen LogP contribution in [0.25, 0.3) is 0 Å². The molecule has 2 N–H and O–H groups in total. The van der Waals surface area contributed by atoms with Crippen molar-refractivity contribution < 1.29 is 19.1 Å². The summed E-state index contributed by atoms with van der Waals surface area (Å²) < 4.78 is 10.6. The maximum atomic E-state index is 12.5. The van der Waals surface area contributed by atoms with Gasteiger partial charge in [-0.05, 0) is 42.8 Å². The first-order chi connectivity index (χ1) is 14.5. The SMILES string of the molecule is COCCNC(=O)c1cccc(NC(=O)c2nnc(COc3cccc(C)c3)s2)c1. The summed E-state index contributed by atoms with van der Waals surface area (Å²) in [6, 6.07) is 14.3. The molecule has 8 nitrogen and oxygen atoms in total. The molecule has 2 amide bonds. The van der Waals surface area contributed by atoms with E-state index in [1.165, 1.54) is 0 Å². The molecule has 0 spiro atoms. The van der Waals surface area contributed by atoms with Crippen molar-refractivity contribution in [2.24, 2.45) is 0 Å². The van der Waals surface area contributed by atoms with Crippen LogP contribution < -0.4 is 15.4 Å². The molecule has 156 valence electrons. The van der Waals surface area contributed by atoms with Gasteiger partial charge in [0, 0.05) is 24.9 Å². The lowest BCUT2D eigenvalue weighted by atomic mass is 10.2. The van der Waals surface area contributed by atoms with E-state index >= 15 is 0 Å². The van der Waals surface area contributed by atoms with E-state index in [0.29, 0.717) is 29.4 Å². The van der Waals surface area contributed by atoms with Gasteiger partial charge in [-0.3, -0.25) is 9.59 Å². The molecule has 0 unspecified atom stereocenters. The Morgan fingerprint density at radius 3 is 2.70 bits per heavy atom. The van der Waals surface area contributed by atoms with Gasteiger partial charge in [0.25, 0.3) is 11.8 Å². The smallest absolute Gasteiger partial charge is 0.286 e. The normalized spacial score (nSPS) is 10.5. The number of nitrogens with one attached hydrogen (secondary N) is 2. The highest BCUT2D eigenvalue weighted by Crippen LogP contribution is 2.18. The van der Waals surface area contributed by atoms with E-state index < -0.39 is 5.91 Å². The molecule has 3 aromatic rings. The number of carbonyl (C=O) groups is 2. The van der Waals surface area contributed by atoms with Gasteiger partial charge in [0.2, 0.25) is 5.01 Å². The van der Waals surface area contributed by atoms with Gasteiger partial charge >= 0.3 is 0 Å². The molecule has 1 heterocycles. The van der Waals surface area contributed by atoms with Gasteiger partial charge in [-0.2, -0.15) is 0 Å². The predicted octanol–water partition coefficient (Wildman–Crippen LogP) is 3.05. The summed E-state index contributed by atoms with van der Waals surface area (Å²) in [5.41, 5.74) is 2.03. The highest BCUT2D eigenvalue weighted by molar-refractivity contribution is 7.13. The second-order valence-corrected chi connectivity index (χ2v) is 7.45. The standard InChI is InChI=1S/C21H22N4O4S/c1-14-5-3-8-17(11-14)29-13-18-24-25-21(30-18)20(27)23-16-7-4-6-15(12-16)19(26)22-9-10-28-2/h3-8,11-12H,9-10,13H2,1-2H3,(H,22,26)(H,23,27). The van der Waals surface area contributed by atoms with Gasteiger partial charge < -0.3 is 20.1 Å². The largest absolute Gasteiger partial charge is 0.486 e. The molecule has 3 rings (SSSR count). The van der Waals surface area contributed by atoms with E-state index in [1.807, 2.05) is 31.2 Å². The van der Waals surface area contributed by atoms with Crippen molar-refractivity contribution in [1.29, 1.82) is 0 Å². The summed E-state index contributed by atoms with van der Waals surface area (Å²) in [7, 11) is 1.57. The lowest BCUT2D eigenvalue weighted by Crippen LogP contribution is -2.27. The quantitative estimate of drug-likeness (QED) is 0.510. The Balaban J connectivity index is 1.57. The summed E-state index contributed by atoms with van der Waals surface area (Å²) in [4.78, 5) is 24.6. The Labute approximate surface area is 178 Å². The Morgan fingerprint density at radius 2 is 1.90 bits per heavy atom. The molecule has 0 aliphatic rings. The first-order valence-electron chi connectivity index (χ1n) is 9.25. The molecule has 9 heteroatoms. The van der Waals surface area contributed by atoms with Crippen molar-refractivity contribution in [1.82, 2.24) is 15.5 Å². The number of aromatic nitrogens is 2. The van der Waals surface area contributed by atoms with Crippen LogP contribution in [0.2, 0.25) is 0 Å². The number of nitrogens with zero attached hydrogens (tertiary/aromatic N) is 2. The van der Waals surface area contributed by atoms with Gasteiger partial charge in [0.15, 0.2) is 5.01 Å². The summed E-state index contributed by atoms with van der Waals surface area (Å²) in [5, 5.41) is 14.2. The number of aryl methyl sites for hydroxylation is 1. The van der Waals surface area contributed by atoms with Gasteiger partial charge in [0.1, 0.15) is 12.4 Å². The highest BCUT2D eigenvalue weighted by Gasteiger charge is 2.14. The molecule has 0 aliphatic heterocycles. The Kier molecular flexibility index (Phi) is 7.47. The minimum atomic E-state index is -0.397. The van der Waals surface area contributed by atoms with Gasteiger partial charge in [0.05, 0.1) is 6.61 Å².